The van der Waals surface area contributed by atoms with Gasteiger partial charge >= 0.3 is 5.97 Å². The van der Waals surface area contributed by atoms with Crippen molar-refractivity contribution in [1.82, 2.24) is 5.32 Å². The molecule has 0 aliphatic heterocycles. The number of ether oxygens (including phenoxy) is 2. The van der Waals surface area contributed by atoms with E-state index < -0.39 is 31.0 Å². The van der Waals surface area contributed by atoms with E-state index in [-0.39, 0.29) is 5.56 Å². The molecular formula is C18H17F2NO4. The summed E-state index contributed by atoms with van der Waals surface area (Å²) in [5.74, 6) is -1.01. The van der Waals surface area contributed by atoms with Gasteiger partial charge in [0.2, 0.25) is 6.10 Å². The van der Waals surface area contributed by atoms with Crippen LogP contribution in [-0.4, -0.2) is 32.0 Å². The van der Waals surface area contributed by atoms with Gasteiger partial charge in [0.25, 0.3) is 12.3 Å². The summed E-state index contributed by atoms with van der Waals surface area (Å²) >= 11 is 0. The molecule has 1 amide bonds. The van der Waals surface area contributed by atoms with Crippen molar-refractivity contribution in [3.05, 3.63) is 65.7 Å². The summed E-state index contributed by atoms with van der Waals surface area (Å²) in [6.45, 7) is -0.825. The van der Waals surface area contributed by atoms with Gasteiger partial charge < -0.3 is 14.8 Å². The Bertz CT molecular complexity index is 705. The molecule has 7 heteroatoms. The van der Waals surface area contributed by atoms with E-state index >= 15 is 0 Å². The third-order valence-corrected chi connectivity index (χ3v) is 3.32. The SMILES string of the molecule is COc1ccc(C(OC(=O)c2ccccc2)C(=O)NCC(F)F)cc1. The number of hydrogen-bond acceptors (Lipinski definition) is 4. The number of rotatable bonds is 7. The minimum absolute atomic E-state index is 0.252. The van der Waals surface area contributed by atoms with E-state index in [1.165, 1.54) is 31.4 Å². The van der Waals surface area contributed by atoms with Crippen LogP contribution in [0.1, 0.15) is 22.0 Å². The van der Waals surface area contributed by atoms with Crippen LogP contribution in [0.15, 0.2) is 54.6 Å². The summed E-state index contributed by atoms with van der Waals surface area (Å²) in [6, 6.07) is 14.3. The van der Waals surface area contributed by atoms with Crippen LogP contribution in [0.25, 0.3) is 0 Å². The molecule has 2 rings (SSSR count). The van der Waals surface area contributed by atoms with E-state index in [1.54, 1.807) is 30.3 Å². The first-order chi connectivity index (χ1) is 12.0. The number of hydrogen-bond donors (Lipinski definition) is 1. The van der Waals surface area contributed by atoms with E-state index in [4.69, 9.17) is 9.47 Å². The lowest BCUT2D eigenvalue weighted by atomic mass is 10.1. The first kappa shape index (κ1) is 18.4. The van der Waals surface area contributed by atoms with Crippen molar-refractivity contribution in [2.45, 2.75) is 12.5 Å². The van der Waals surface area contributed by atoms with Gasteiger partial charge in [-0.3, -0.25) is 4.79 Å². The third-order valence-electron chi connectivity index (χ3n) is 3.32. The third kappa shape index (κ3) is 5.27. The first-order valence-corrected chi connectivity index (χ1v) is 7.47. The number of nitrogens with one attached hydrogen (secondary N) is 1. The average molecular weight is 349 g/mol. The Balaban J connectivity index is 2.21. The summed E-state index contributed by atoms with van der Waals surface area (Å²) in [7, 11) is 1.48. The number of alkyl halides is 2. The second-order valence-electron chi connectivity index (χ2n) is 5.06. The van der Waals surface area contributed by atoms with Gasteiger partial charge in [-0.15, -0.1) is 0 Å². The zero-order chi connectivity index (χ0) is 18.2. The van der Waals surface area contributed by atoms with Crippen LogP contribution in [-0.2, 0) is 9.53 Å². The molecule has 2 aromatic rings. The minimum atomic E-state index is -2.70. The van der Waals surface area contributed by atoms with Crippen LogP contribution in [0.4, 0.5) is 8.78 Å². The first-order valence-electron chi connectivity index (χ1n) is 7.47. The molecule has 0 spiro atoms. The van der Waals surface area contributed by atoms with E-state index in [2.05, 4.69) is 5.32 Å². The monoisotopic (exact) mass is 349 g/mol. The van der Waals surface area contributed by atoms with Crippen LogP contribution in [0.2, 0.25) is 0 Å². The highest BCUT2D eigenvalue weighted by Crippen LogP contribution is 2.22. The molecule has 0 heterocycles. The highest BCUT2D eigenvalue weighted by molar-refractivity contribution is 5.92. The molecule has 5 nitrogen and oxygen atoms in total. The van der Waals surface area contributed by atoms with Crippen molar-refractivity contribution in [2.75, 3.05) is 13.7 Å². The molecule has 0 aromatic heterocycles. The smallest absolute Gasteiger partial charge is 0.339 e. The molecule has 0 bridgehead atoms. The molecule has 0 aliphatic rings. The molecule has 0 saturated heterocycles. The van der Waals surface area contributed by atoms with E-state index in [1.807, 2.05) is 0 Å². The number of amides is 1. The van der Waals surface area contributed by atoms with Crippen molar-refractivity contribution < 1.29 is 27.8 Å². The predicted molar refractivity (Wildman–Crippen MR) is 86.6 cm³/mol. The second-order valence-corrected chi connectivity index (χ2v) is 5.06. The number of halogens is 2. The molecule has 25 heavy (non-hydrogen) atoms. The van der Waals surface area contributed by atoms with Crippen molar-refractivity contribution in [1.29, 1.82) is 0 Å². The average Bonchev–Trinajstić information content (AvgIpc) is 2.64. The Morgan fingerprint density at radius 3 is 2.24 bits per heavy atom. The van der Waals surface area contributed by atoms with Gasteiger partial charge in [0.1, 0.15) is 5.75 Å². The fourth-order valence-corrected chi connectivity index (χ4v) is 2.07. The fraction of sp³-hybridized carbons (Fsp3) is 0.222. The maximum Gasteiger partial charge on any atom is 0.339 e. The normalized spacial score (nSPS) is 11.7. The molecule has 132 valence electrons. The van der Waals surface area contributed by atoms with Gasteiger partial charge in [0.05, 0.1) is 19.2 Å². The van der Waals surface area contributed by atoms with Crippen LogP contribution in [0.5, 0.6) is 5.75 Å². The maximum atomic E-state index is 12.3. The van der Waals surface area contributed by atoms with Gasteiger partial charge in [-0.1, -0.05) is 30.3 Å². The molecule has 2 aromatic carbocycles. The Morgan fingerprint density at radius 1 is 1.04 bits per heavy atom. The zero-order valence-corrected chi connectivity index (χ0v) is 13.4. The molecule has 1 unspecified atom stereocenters. The summed E-state index contributed by atoms with van der Waals surface area (Å²) in [6.07, 6.45) is -4.05. The van der Waals surface area contributed by atoms with E-state index in [0.717, 1.165) is 0 Å². The number of carbonyl (C=O) groups excluding carboxylic acids is 2. The van der Waals surface area contributed by atoms with Crippen LogP contribution >= 0.6 is 0 Å². The van der Waals surface area contributed by atoms with Gasteiger partial charge in [-0.05, 0) is 24.3 Å². The van der Waals surface area contributed by atoms with Crippen molar-refractivity contribution in [2.24, 2.45) is 0 Å². The lowest BCUT2D eigenvalue weighted by Gasteiger charge is -2.18. The van der Waals surface area contributed by atoms with Crippen molar-refractivity contribution in [3.8, 4) is 5.75 Å². The Morgan fingerprint density at radius 2 is 1.68 bits per heavy atom. The molecule has 0 aliphatic carbocycles. The van der Waals surface area contributed by atoms with E-state index in [9.17, 15) is 18.4 Å². The predicted octanol–water partition coefficient (Wildman–Crippen LogP) is 2.97. The largest absolute Gasteiger partial charge is 0.497 e. The van der Waals surface area contributed by atoms with Crippen LogP contribution in [0, 0.1) is 0 Å². The van der Waals surface area contributed by atoms with Crippen molar-refractivity contribution in [3.63, 3.8) is 0 Å². The summed E-state index contributed by atoms with van der Waals surface area (Å²) in [5, 5.41) is 2.07. The van der Waals surface area contributed by atoms with Gasteiger partial charge in [0, 0.05) is 5.56 Å². The lowest BCUT2D eigenvalue weighted by molar-refractivity contribution is -0.131. The summed E-state index contributed by atoms with van der Waals surface area (Å²) < 4.78 is 35.0. The zero-order valence-electron chi connectivity index (χ0n) is 13.4. The van der Waals surface area contributed by atoms with E-state index in [0.29, 0.717) is 11.3 Å². The highest BCUT2D eigenvalue weighted by atomic mass is 19.3. The quantitative estimate of drug-likeness (QED) is 0.781. The lowest BCUT2D eigenvalue weighted by Crippen LogP contribution is -2.35. The van der Waals surface area contributed by atoms with Crippen LogP contribution in [0.3, 0.4) is 0 Å². The second kappa shape index (κ2) is 8.77. The number of methoxy groups -OCH3 is 1. The van der Waals surface area contributed by atoms with Gasteiger partial charge in [0.15, 0.2) is 0 Å². The molecule has 0 fully saturated rings. The van der Waals surface area contributed by atoms with Gasteiger partial charge in [-0.2, -0.15) is 0 Å². The Labute approximate surface area is 143 Å². The van der Waals surface area contributed by atoms with Gasteiger partial charge in [-0.25, -0.2) is 13.6 Å². The van der Waals surface area contributed by atoms with Crippen LogP contribution < -0.4 is 10.1 Å². The molecular weight excluding hydrogens is 332 g/mol. The van der Waals surface area contributed by atoms with Crippen molar-refractivity contribution >= 4 is 11.9 Å². The molecule has 1 atom stereocenters. The standard InChI is InChI=1S/C18H17F2NO4/c1-24-14-9-7-12(8-10-14)16(17(22)21-11-15(19)20)25-18(23)13-5-3-2-4-6-13/h2-10,15-16H,11H2,1H3,(H,21,22). The number of esters is 1. The fourth-order valence-electron chi connectivity index (χ4n) is 2.07. The highest BCUT2D eigenvalue weighted by Gasteiger charge is 2.26. The minimum Gasteiger partial charge on any atom is -0.497 e. The molecule has 1 N–H and O–H groups in total. The summed E-state index contributed by atoms with van der Waals surface area (Å²) in [4.78, 5) is 24.4. The topological polar surface area (TPSA) is 64.6 Å². The Kier molecular flexibility index (Phi) is 6.45. The molecule has 0 radical (unpaired) electrons. The maximum absolute atomic E-state index is 12.3. The number of carbonyl (C=O) groups is 2. The summed E-state index contributed by atoms with van der Waals surface area (Å²) in [5.41, 5.74) is 0.597. The Hall–Kier alpha value is -2.96. The number of benzene rings is 2. The molecule has 0 saturated carbocycles.